The summed E-state index contributed by atoms with van der Waals surface area (Å²) in [6, 6.07) is 7.33. The molecule has 0 N–H and O–H groups in total. The van der Waals surface area contributed by atoms with Gasteiger partial charge in [0.15, 0.2) is 0 Å². The van der Waals surface area contributed by atoms with Crippen LogP contribution in [-0.2, 0) is 6.42 Å². The fourth-order valence-electron chi connectivity index (χ4n) is 1.24. The number of hydrogen-bond acceptors (Lipinski definition) is 0. The van der Waals surface area contributed by atoms with E-state index in [0.717, 1.165) is 5.56 Å². The Balaban J connectivity index is 2.53. The highest BCUT2D eigenvalue weighted by Gasteiger charge is 2.06. The fourth-order valence-corrected chi connectivity index (χ4v) is 1.46. The van der Waals surface area contributed by atoms with Crippen LogP contribution in [0.3, 0.4) is 0 Å². The zero-order valence-electron chi connectivity index (χ0n) is 7.47. The lowest BCUT2D eigenvalue weighted by Crippen LogP contribution is -2.03. The van der Waals surface area contributed by atoms with Gasteiger partial charge in [-0.1, -0.05) is 37.1 Å². The van der Waals surface area contributed by atoms with E-state index in [1.807, 2.05) is 12.1 Å². The predicted molar refractivity (Wildman–Crippen MR) is 54.6 cm³/mol. The quantitative estimate of drug-likeness (QED) is 0.692. The maximum Gasteiger partial charge on any atom is 0.104 e. The van der Waals surface area contributed by atoms with E-state index in [2.05, 4.69) is 6.92 Å². The Morgan fingerprint density at radius 1 is 1.46 bits per heavy atom. The first-order valence-electron chi connectivity index (χ1n) is 4.40. The highest BCUT2D eigenvalue weighted by molar-refractivity contribution is 6.30. The molecule has 1 rings (SSSR count). The predicted octanol–water partition coefficient (Wildman–Crippen LogP) is 3.83. The van der Waals surface area contributed by atoms with Crippen molar-refractivity contribution >= 4 is 11.6 Å². The summed E-state index contributed by atoms with van der Waals surface area (Å²) in [4.78, 5) is 0. The highest BCUT2D eigenvalue weighted by Crippen LogP contribution is 2.15. The van der Waals surface area contributed by atoms with Crippen molar-refractivity contribution in [2.24, 2.45) is 0 Å². The second-order valence-corrected chi connectivity index (χ2v) is 3.51. The van der Waals surface area contributed by atoms with Gasteiger partial charge in [-0.25, -0.2) is 4.39 Å². The van der Waals surface area contributed by atoms with Crippen LogP contribution in [0.15, 0.2) is 24.3 Å². The number of halogens is 2. The van der Waals surface area contributed by atoms with Crippen LogP contribution in [0, 0.1) is 6.92 Å². The normalized spacial score (nSPS) is 12.8. The van der Waals surface area contributed by atoms with Crippen molar-refractivity contribution in [1.29, 1.82) is 0 Å². The van der Waals surface area contributed by atoms with Crippen LogP contribution in [0.5, 0.6) is 0 Å². The molecule has 0 aliphatic heterocycles. The van der Waals surface area contributed by atoms with Crippen molar-refractivity contribution in [3.05, 3.63) is 41.8 Å². The van der Waals surface area contributed by atoms with Crippen LogP contribution in [0.4, 0.5) is 4.39 Å². The number of benzene rings is 1. The molecule has 0 fully saturated rings. The summed E-state index contributed by atoms with van der Waals surface area (Å²) in [5.74, 6) is 0. The minimum atomic E-state index is -0.795. The topological polar surface area (TPSA) is 0 Å². The molecule has 0 aliphatic rings. The van der Waals surface area contributed by atoms with Crippen LogP contribution in [0.25, 0.3) is 0 Å². The van der Waals surface area contributed by atoms with Crippen molar-refractivity contribution < 1.29 is 4.39 Å². The third-order valence-corrected chi connectivity index (χ3v) is 2.10. The number of hydrogen-bond donors (Lipinski definition) is 0. The minimum absolute atomic E-state index is 0.441. The molecule has 0 spiro atoms. The molecule has 2 heteroatoms. The molecule has 0 aromatic heterocycles. The second-order valence-electron chi connectivity index (χ2n) is 3.07. The molecular weight excluding hydrogens is 187 g/mol. The van der Waals surface area contributed by atoms with Gasteiger partial charge in [-0.05, 0) is 24.1 Å². The van der Waals surface area contributed by atoms with Crippen molar-refractivity contribution in [1.82, 2.24) is 0 Å². The summed E-state index contributed by atoms with van der Waals surface area (Å²) < 4.78 is 13.1. The standard InChI is InChI=1S/C11H13ClF/c1-2-4-11(13)8-9-5-3-6-10(12)7-9/h3,5-7,11H,1-2,4,8H2. The lowest BCUT2D eigenvalue weighted by Gasteiger charge is -2.06. The van der Waals surface area contributed by atoms with Crippen LogP contribution in [-0.4, -0.2) is 6.17 Å². The summed E-state index contributed by atoms with van der Waals surface area (Å²) in [7, 11) is 0. The Morgan fingerprint density at radius 3 is 2.85 bits per heavy atom. The number of rotatable bonds is 4. The van der Waals surface area contributed by atoms with E-state index in [1.54, 1.807) is 12.1 Å². The summed E-state index contributed by atoms with van der Waals surface area (Å²) >= 11 is 5.77. The monoisotopic (exact) mass is 199 g/mol. The van der Waals surface area contributed by atoms with Gasteiger partial charge in [-0.15, -0.1) is 0 Å². The Hall–Kier alpha value is -0.560. The van der Waals surface area contributed by atoms with Gasteiger partial charge in [-0.2, -0.15) is 0 Å². The Kier molecular flexibility index (Phi) is 4.23. The van der Waals surface area contributed by atoms with E-state index in [4.69, 9.17) is 11.6 Å². The molecule has 71 valence electrons. The molecule has 1 radical (unpaired) electrons. The summed E-state index contributed by atoms with van der Waals surface area (Å²) in [6.07, 6.45) is 0.806. The summed E-state index contributed by atoms with van der Waals surface area (Å²) in [5.41, 5.74) is 0.952. The first-order valence-corrected chi connectivity index (χ1v) is 4.78. The SMILES string of the molecule is [CH2]CCC(F)Cc1cccc(Cl)c1. The van der Waals surface area contributed by atoms with Gasteiger partial charge in [0.25, 0.3) is 0 Å². The lowest BCUT2D eigenvalue weighted by molar-refractivity contribution is 0.314. The molecule has 0 bridgehead atoms. The van der Waals surface area contributed by atoms with Crippen molar-refractivity contribution in [3.63, 3.8) is 0 Å². The Morgan fingerprint density at radius 2 is 2.23 bits per heavy atom. The third kappa shape index (κ3) is 3.77. The lowest BCUT2D eigenvalue weighted by atomic mass is 10.1. The van der Waals surface area contributed by atoms with Gasteiger partial charge in [0.05, 0.1) is 0 Å². The van der Waals surface area contributed by atoms with Gasteiger partial charge in [0.2, 0.25) is 0 Å². The van der Waals surface area contributed by atoms with Gasteiger partial charge < -0.3 is 0 Å². The minimum Gasteiger partial charge on any atom is -0.247 e. The van der Waals surface area contributed by atoms with Crippen molar-refractivity contribution in [2.45, 2.75) is 25.4 Å². The molecule has 1 atom stereocenters. The number of alkyl halides is 1. The maximum atomic E-state index is 13.1. The first kappa shape index (κ1) is 10.5. The Labute approximate surface area is 83.7 Å². The highest BCUT2D eigenvalue weighted by atomic mass is 35.5. The maximum absolute atomic E-state index is 13.1. The van der Waals surface area contributed by atoms with Crippen LogP contribution in [0.1, 0.15) is 18.4 Å². The Bertz CT molecular complexity index is 260. The molecule has 0 amide bonds. The molecule has 1 aromatic carbocycles. The fraction of sp³-hybridized carbons (Fsp3) is 0.364. The van der Waals surface area contributed by atoms with Crippen molar-refractivity contribution in [2.75, 3.05) is 0 Å². The van der Waals surface area contributed by atoms with E-state index < -0.39 is 6.17 Å². The molecule has 0 saturated carbocycles. The molecule has 1 aromatic rings. The zero-order chi connectivity index (χ0) is 9.68. The van der Waals surface area contributed by atoms with Gasteiger partial charge in [0.1, 0.15) is 6.17 Å². The molecule has 0 nitrogen and oxygen atoms in total. The van der Waals surface area contributed by atoms with Gasteiger partial charge >= 0.3 is 0 Å². The van der Waals surface area contributed by atoms with Crippen molar-refractivity contribution in [3.8, 4) is 0 Å². The average molecular weight is 200 g/mol. The van der Waals surface area contributed by atoms with E-state index >= 15 is 0 Å². The van der Waals surface area contributed by atoms with Crippen LogP contribution >= 0.6 is 11.6 Å². The van der Waals surface area contributed by atoms with E-state index in [9.17, 15) is 4.39 Å². The first-order chi connectivity index (χ1) is 6.22. The second kappa shape index (κ2) is 5.23. The average Bonchev–Trinajstić information content (AvgIpc) is 2.04. The smallest absolute Gasteiger partial charge is 0.104 e. The van der Waals surface area contributed by atoms with Gasteiger partial charge in [-0.3, -0.25) is 0 Å². The molecule has 0 saturated heterocycles. The van der Waals surface area contributed by atoms with E-state index in [0.29, 0.717) is 24.3 Å². The molecule has 1 unspecified atom stereocenters. The molecule has 0 aliphatic carbocycles. The van der Waals surface area contributed by atoms with E-state index in [1.165, 1.54) is 0 Å². The molecular formula is C11H13ClF. The summed E-state index contributed by atoms with van der Waals surface area (Å²) in [6.45, 7) is 3.62. The largest absolute Gasteiger partial charge is 0.247 e. The third-order valence-electron chi connectivity index (χ3n) is 1.86. The summed E-state index contributed by atoms with van der Waals surface area (Å²) in [5, 5.41) is 0.666. The zero-order valence-corrected chi connectivity index (χ0v) is 8.23. The molecule has 0 heterocycles. The van der Waals surface area contributed by atoms with Crippen LogP contribution < -0.4 is 0 Å². The van der Waals surface area contributed by atoms with Crippen LogP contribution in [0.2, 0.25) is 5.02 Å². The molecule has 13 heavy (non-hydrogen) atoms. The van der Waals surface area contributed by atoms with Gasteiger partial charge in [0, 0.05) is 11.4 Å². The van der Waals surface area contributed by atoms with E-state index in [-0.39, 0.29) is 0 Å².